The highest BCUT2D eigenvalue weighted by Crippen LogP contribution is 2.41. The molecule has 52 heavy (non-hydrogen) atoms. The van der Waals surface area contributed by atoms with Crippen LogP contribution in [-0.4, -0.2) is 81.2 Å². The molecule has 3 aliphatic carbocycles. The van der Waals surface area contributed by atoms with E-state index in [4.69, 9.17) is 6.42 Å². The Kier molecular flexibility index (Phi) is 18.6. The van der Waals surface area contributed by atoms with Crippen molar-refractivity contribution >= 4 is 41.3 Å². The molecule has 0 radical (unpaired) electrons. The summed E-state index contributed by atoms with van der Waals surface area (Å²) in [5.41, 5.74) is -0.786. The third-order valence-electron chi connectivity index (χ3n) is 10.4. The SMILES string of the molecule is C#C.C#CCCC(NC(=O)[C@@H]1CCCN1C(=O)C(NC(=O)NC1(CSC(C)(C)C)CCCCC1)C1(C)CCCCC1)C(=O)C(=O)NC1CC1.CCC. The van der Waals surface area contributed by atoms with Crippen LogP contribution in [0.25, 0.3) is 0 Å². The number of ketones is 1. The van der Waals surface area contributed by atoms with Crippen LogP contribution in [0.2, 0.25) is 0 Å². The first-order valence-electron chi connectivity index (χ1n) is 19.6. The van der Waals surface area contributed by atoms with E-state index in [-0.39, 0.29) is 41.1 Å². The Labute approximate surface area is 318 Å². The molecule has 5 amide bonds. The number of thioether (sulfide) groups is 1. The Morgan fingerprint density at radius 2 is 1.46 bits per heavy atom. The summed E-state index contributed by atoms with van der Waals surface area (Å²) >= 11 is 1.85. The summed E-state index contributed by atoms with van der Waals surface area (Å²) in [6, 6.07) is -2.99. The lowest BCUT2D eigenvalue weighted by Gasteiger charge is -2.44. The first-order chi connectivity index (χ1) is 24.7. The minimum Gasteiger partial charge on any atom is -0.347 e. The highest BCUT2D eigenvalue weighted by molar-refractivity contribution is 8.00. The van der Waals surface area contributed by atoms with Crippen LogP contribution in [-0.2, 0) is 19.2 Å². The summed E-state index contributed by atoms with van der Waals surface area (Å²) in [5.74, 6) is 1.13. The maximum Gasteiger partial charge on any atom is 0.315 e. The third kappa shape index (κ3) is 14.0. The van der Waals surface area contributed by atoms with Gasteiger partial charge < -0.3 is 26.2 Å². The van der Waals surface area contributed by atoms with Crippen molar-refractivity contribution in [1.82, 2.24) is 26.2 Å². The van der Waals surface area contributed by atoms with E-state index in [2.05, 4.69) is 81.6 Å². The monoisotopic (exact) mass is 741 g/mol. The smallest absolute Gasteiger partial charge is 0.315 e. The standard InChI is InChI=1S/C36H57N5O5S.C3H8.C2H2/c1-6-7-15-26(28(42)31(44)37-25-17-18-25)38-30(43)27-16-14-23-41(27)32(45)29(35(5)19-10-8-11-20-35)39-33(46)40-36(21-12-9-13-22-36)24-47-34(2,3)4;1-3-2;1-2/h1,25-27,29H,7-24H2,2-5H3,(H,37,44)(H,38,43)(H2,39,40,46);3H2,1-2H3;1-2H/t26?,27-,29?;;/m0../s1. The van der Waals surface area contributed by atoms with Crippen molar-refractivity contribution in [2.45, 2.75) is 185 Å². The van der Waals surface area contributed by atoms with E-state index in [1.54, 1.807) is 4.90 Å². The molecule has 1 saturated heterocycles. The number of nitrogens with one attached hydrogen (secondary N) is 4. The minimum absolute atomic E-state index is 0.00593. The van der Waals surface area contributed by atoms with Crippen molar-refractivity contribution in [3.05, 3.63) is 0 Å². The molecule has 0 aromatic heterocycles. The van der Waals surface area contributed by atoms with Crippen molar-refractivity contribution < 1.29 is 24.0 Å². The van der Waals surface area contributed by atoms with Gasteiger partial charge in [0.1, 0.15) is 12.1 Å². The van der Waals surface area contributed by atoms with Crippen molar-refractivity contribution in [1.29, 1.82) is 0 Å². The van der Waals surface area contributed by atoms with Gasteiger partial charge in [0.25, 0.3) is 5.91 Å². The van der Waals surface area contributed by atoms with Crippen molar-refractivity contribution in [2.75, 3.05) is 12.3 Å². The topological polar surface area (TPSA) is 137 Å². The molecule has 3 atom stereocenters. The fourth-order valence-corrected chi connectivity index (χ4v) is 8.42. The maximum atomic E-state index is 14.5. The van der Waals surface area contributed by atoms with Gasteiger partial charge in [0.05, 0.1) is 11.6 Å². The Hall–Kier alpha value is -3.18. The van der Waals surface area contributed by atoms with Gasteiger partial charge in [0.2, 0.25) is 17.6 Å². The zero-order valence-electron chi connectivity index (χ0n) is 32.9. The van der Waals surface area contributed by atoms with Crippen molar-refractivity contribution in [2.24, 2.45) is 5.41 Å². The summed E-state index contributed by atoms with van der Waals surface area (Å²) < 4.78 is 0.0630. The fourth-order valence-electron chi connectivity index (χ4n) is 7.35. The van der Waals surface area contributed by atoms with Crippen LogP contribution in [0, 0.1) is 30.6 Å². The van der Waals surface area contributed by atoms with E-state index >= 15 is 0 Å². The fraction of sp³-hybridized carbons (Fsp3) is 0.780. The van der Waals surface area contributed by atoms with E-state index in [1.165, 1.54) is 6.42 Å². The molecule has 4 N–H and O–H groups in total. The number of Topliss-reactive ketones (excluding diaryl/α,β-unsaturated/α-hetero) is 1. The zero-order valence-corrected chi connectivity index (χ0v) is 33.7. The van der Waals surface area contributed by atoms with E-state index < -0.39 is 41.1 Å². The number of urea groups is 1. The molecule has 4 aliphatic rings. The lowest BCUT2D eigenvalue weighted by molar-refractivity contribution is -0.144. The Bertz CT molecular complexity index is 1250. The van der Waals surface area contributed by atoms with Crippen LogP contribution in [0.3, 0.4) is 0 Å². The first kappa shape index (κ1) is 45.0. The molecule has 4 fully saturated rings. The molecule has 1 aliphatic heterocycles. The molecule has 0 spiro atoms. The number of rotatable bonds is 13. The number of carbonyl (C=O) groups excluding carboxylic acids is 5. The number of terminal acetylenes is 2. The van der Waals surface area contributed by atoms with Gasteiger partial charge in [-0.1, -0.05) is 86.5 Å². The Morgan fingerprint density at radius 1 is 0.885 bits per heavy atom. The van der Waals surface area contributed by atoms with Gasteiger partial charge in [-0.2, -0.15) is 11.8 Å². The molecule has 10 nitrogen and oxygen atoms in total. The number of carbonyl (C=O) groups is 5. The summed E-state index contributed by atoms with van der Waals surface area (Å²) in [5, 5.41) is 12.0. The van der Waals surface area contributed by atoms with Gasteiger partial charge >= 0.3 is 6.03 Å². The molecule has 3 saturated carbocycles. The largest absolute Gasteiger partial charge is 0.347 e. The quantitative estimate of drug-likeness (QED) is 0.130. The van der Waals surface area contributed by atoms with Crippen LogP contribution in [0.1, 0.15) is 151 Å². The van der Waals surface area contributed by atoms with Crippen LogP contribution < -0.4 is 21.3 Å². The van der Waals surface area contributed by atoms with Gasteiger partial charge in [-0.25, -0.2) is 4.79 Å². The molecule has 292 valence electrons. The Morgan fingerprint density at radius 3 is 2.00 bits per heavy atom. The molecular weight excluding hydrogens is 675 g/mol. The normalized spacial score (nSPS) is 21.6. The number of amides is 5. The van der Waals surface area contributed by atoms with Gasteiger partial charge in [-0.05, 0) is 63.2 Å². The lowest BCUT2D eigenvalue weighted by Crippen LogP contribution is -2.63. The van der Waals surface area contributed by atoms with Crippen LogP contribution in [0.4, 0.5) is 4.79 Å². The predicted molar refractivity (Wildman–Crippen MR) is 211 cm³/mol. The molecule has 4 rings (SSSR count). The van der Waals surface area contributed by atoms with E-state index in [9.17, 15) is 24.0 Å². The number of nitrogens with zero attached hydrogens (tertiary/aromatic N) is 1. The molecule has 2 unspecified atom stereocenters. The number of hydrogen-bond acceptors (Lipinski definition) is 6. The molecular formula is C41H67N5O5S. The van der Waals surface area contributed by atoms with E-state index in [0.29, 0.717) is 19.4 Å². The van der Waals surface area contributed by atoms with Crippen molar-refractivity contribution in [3.63, 3.8) is 0 Å². The van der Waals surface area contributed by atoms with Crippen molar-refractivity contribution in [3.8, 4) is 25.2 Å². The summed E-state index contributed by atoms with van der Waals surface area (Å²) in [6.45, 7) is 13.3. The van der Waals surface area contributed by atoms with Gasteiger partial charge in [0, 0.05) is 29.5 Å². The predicted octanol–water partition coefficient (Wildman–Crippen LogP) is 6.26. The second kappa shape index (κ2) is 21.5. The van der Waals surface area contributed by atoms with E-state index in [0.717, 1.165) is 82.8 Å². The third-order valence-corrected chi connectivity index (χ3v) is 11.9. The highest BCUT2D eigenvalue weighted by Gasteiger charge is 2.47. The maximum absolute atomic E-state index is 14.5. The second-order valence-electron chi connectivity index (χ2n) is 16.3. The van der Waals surface area contributed by atoms with Crippen LogP contribution in [0.5, 0.6) is 0 Å². The van der Waals surface area contributed by atoms with Gasteiger partial charge in [0.15, 0.2) is 0 Å². The second-order valence-corrected chi connectivity index (χ2v) is 18.1. The molecule has 0 aromatic rings. The van der Waals surface area contributed by atoms with Gasteiger partial charge in [-0.3, -0.25) is 19.2 Å². The number of hydrogen-bond donors (Lipinski definition) is 4. The summed E-state index contributed by atoms with van der Waals surface area (Å²) in [6.07, 6.45) is 27.5. The van der Waals surface area contributed by atoms with E-state index in [1.807, 2.05) is 11.8 Å². The van der Waals surface area contributed by atoms with Gasteiger partial charge in [-0.15, -0.1) is 25.2 Å². The molecule has 11 heteroatoms. The minimum atomic E-state index is -1.07. The average Bonchev–Trinajstić information content (AvgIpc) is 3.79. The summed E-state index contributed by atoms with van der Waals surface area (Å²) in [7, 11) is 0. The summed E-state index contributed by atoms with van der Waals surface area (Å²) in [4.78, 5) is 69.2. The first-order valence-corrected chi connectivity index (χ1v) is 20.6. The molecule has 1 heterocycles. The van der Waals surface area contributed by atoms with Crippen LogP contribution in [0.15, 0.2) is 0 Å². The zero-order chi connectivity index (χ0) is 39.0. The molecule has 0 bridgehead atoms. The average molecular weight is 742 g/mol. The molecule has 0 aromatic carbocycles. The Balaban J connectivity index is 0.00000178. The highest BCUT2D eigenvalue weighted by atomic mass is 32.2. The number of likely N-dealkylation sites (tertiary alicyclic amines) is 1. The lowest BCUT2D eigenvalue weighted by atomic mass is 9.70. The van der Waals surface area contributed by atoms with Crippen LogP contribution >= 0.6 is 11.8 Å².